The number of aromatic nitrogens is 11. The van der Waals surface area contributed by atoms with E-state index in [1.54, 1.807) is 12.4 Å². The monoisotopic (exact) mass is 1910 g/mol. The highest BCUT2D eigenvalue weighted by molar-refractivity contribution is 6.32. The Labute approximate surface area is 862 Å². The number of hydrogen-bond acceptors (Lipinski definition) is 11. The normalized spacial score (nSPS) is 12.0. The zero-order valence-corrected chi connectivity index (χ0v) is 82.0. The van der Waals surface area contributed by atoms with Gasteiger partial charge >= 0.3 is 0 Å². The number of pyridine rings is 11. The van der Waals surface area contributed by atoms with Crippen molar-refractivity contribution in [2.24, 2.45) is 0 Å². The van der Waals surface area contributed by atoms with Crippen LogP contribution in [0.4, 0.5) is 0 Å². The maximum Gasteiger partial charge on any atom is 0.0973 e. The van der Waals surface area contributed by atoms with Crippen molar-refractivity contribution in [1.82, 2.24) is 54.8 Å². The van der Waals surface area contributed by atoms with Crippen LogP contribution in [0.3, 0.4) is 0 Å². The molecule has 11 heterocycles. The number of para-hydroxylation sites is 1. The van der Waals surface area contributed by atoms with E-state index in [2.05, 4.69) is 398 Å². The highest BCUT2D eigenvalue weighted by Crippen LogP contribution is 2.50. The molecule has 698 valence electrons. The third-order valence-electron chi connectivity index (χ3n) is 30.5. The van der Waals surface area contributed by atoms with Crippen LogP contribution in [-0.4, -0.2) is 54.8 Å². The smallest absolute Gasteiger partial charge is 0.0973 e. The molecule has 20 aromatic carbocycles. The van der Waals surface area contributed by atoms with Crippen molar-refractivity contribution in [3.05, 3.63) is 480 Å². The molecule has 0 amide bonds. The lowest BCUT2D eigenvalue weighted by Gasteiger charge is -2.23. The van der Waals surface area contributed by atoms with Gasteiger partial charge in [-0.1, -0.05) is 354 Å². The fourth-order valence-electron chi connectivity index (χ4n) is 23.0. The topological polar surface area (TPSA) is 142 Å². The van der Waals surface area contributed by atoms with Crippen molar-refractivity contribution in [1.29, 1.82) is 0 Å². The molecule has 31 rings (SSSR count). The molecule has 0 aliphatic rings. The number of rotatable bonds is 11. The first-order valence-corrected chi connectivity index (χ1v) is 50.9. The molecule has 0 N–H and O–H groups in total. The average molecular weight is 1910 g/mol. The van der Waals surface area contributed by atoms with Crippen molar-refractivity contribution >= 4 is 184 Å². The molecular formula is C139H87N11. The van der Waals surface area contributed by atoms with Crippen molar-refractivity contribution in [2.45, 2.75) is 26.2 Å². The van der Waals surface area contributed by atoms with Gasteiger partial charge in [-0.25, -0.2) is 29.9 Å². The number of fused-ring (bicyclic) bond motifs is 11. The summed E-state index contributed by atoms with van der Waals surface area (Å²) in [6.07, 6.45) is 11.0. The van der Waals surface area contributed by atoms with Crippen LogP contribution < -0.4 is 0 Å². The fraction of sp³-hybridized carbons (Fsp3) is 0.0288. The third kappa shape index (κ3) is 14.8. The summed E-state index contributed by atoms with van der Waals surface area (Å²) < 4.78 is 0. The molecule has 150 heavy (non-hydrogen) atoms. The Bertz CT molecular complexity index is 10900. The Morgan fingerprint density at radius 3 is 0.953 bits per heavy atom. The van der Waals surface area contributed by atoms with Crippen LogP contribution in [0.5, 0.6) is 0 Å². The third-order valence-corrected chi connectivity index (χ3v) is 30.5. The zero-order chi connectivity index (χ0) is 99.3. The van der Waals surface area contributed by atoms with E-state index in [1.807, 2.05) is 110 Å². The SMILES string of the molecule is CC(C)(C)c1cc2ccc3c(-c4ccc5ccccc5c4)cc(-c4ccc5ccc6ccc(-c7ccccn7)nc6c5n4)c4ccc(c1)c2c34.c1ccc(-c2ccc(-c3ccc4ccc5c(-c6ccc7ccc8ccc(-c9cccnc9)nc8c7n6)ccc6ccc3c4c65)cc2)nc1.c1ccc(-c2ccc3ccc4ccc(-c5ccc6ccc7c(-c8ccc(-c9cccc%10cccnc9%10)cc8)ccc8ccc5c6c87)nc4c3n2)nc1. The fourth-order valence-corrected chi connectivity index (χ4v) is 23.0. The summed E-state index contributed by atoms with van der Waals surface area (Å²) in [5.74, 6) is 0. The van der Waals surface area contributed by atoms with Crippen molar-refractivity contribution in [3.63, 3.8) is 0 Å². The minimum Gasteiger partial charge on any atom is -0.264 e. The second-order valence-electron chi connectivity index (χ2n) is 40.2. The first-order valence-electron chi connectivity index (χ1n) is 50.9. The Hall–Kier alpha value is -19.8. The van der Waals surface area contributed by atoms with Crippen molar-refractivity contribution in [3.8, 4) is 124 Å². The first-order chi connectivity index (χ1) is 73.9. The number of hydrogen-bond donors (Lipinski definition) is 0. The lowest BCUT2D eigenvalue weighted by atomic mass is 9.81. The van der Waals surface area contributed by atoms with E-state index in [-0.39, 0.29) is 5.41 Å². The van der Waals surface area contributed by atoms with Gasteiger partial charge in [0, 0.05) is 108 Å². The van der Waals surface area contributed by atoms with E-state index in [0.717, 1.165) is 167 Å². The molecule has 0 spiro atoms. The molecule has 0 saturated heterocycles. The molecule has 0 aliphatic carbocycles. The molecule has 11 heteroatoms. The Morgan fingerprint density at radius 2 is 0.487 bits per heavy atom. The summed E-state index contributed by atoms with van der Waals surface area (Å²) in [4.78, 5) is 54.0. The van der Waals surface area contributed by atoms with Gasteiger partial charge in [-0.05, 0) is 261 Å². The van der Waals surface area contributed by atoms with E-state index >= 15 is 0 Å². The minimum atomic E-state index is 0.0497. The molecule has 0 atom stereocenters. The van der Waals surface area contributed by atoms with Gasteiger partial charge in [0.05, 0.1) is 89.9 Å². The lowest BCUT2D eigenvalue weighted by Crippen LogP contribution is -2.10. The van der Waals surface area contributed by atoms with Gasteiger partial charge in [-0.15, -0.1) is 0 Å². The summed E-state index contributed by atoms with van der Waals surface area (Å²) in [6, 6.07) is 156. The van der Waals surface area contributed by atoms with Gasteiger partial charge in [-0.3, -0.25) is 24.9 Å². The highest BCUT2D eigenvalue weighted by Gasteiger charge is 2.26. The minimum absolute atomic E-state index is 0.0497. The standard InChI is InChI=1S/C48H28N4.C47H33N3.C44H26N4/c1-2-27-49-42(8-1)43-26-20-35-14-13-34-19-25-41(51-47(34)48(35)52-43)38-22-16-32-17-23-39-36(21-15-31-18-24-40(38)45(32)44(31)39)29-9-11-30(12-10-29)37-7-3-5-33-6-4-28-50-46(33)37;1-47(2,3)35-25-33-15-19-36-38(32-14-11-28-8-4-5-9-31(28)24-32)27-39(37-20-16-34(26-35)43(33)44(36)37)40-21-17-29-12-13-30-18-22-42(41-10-6-7-23-48-41)50-46(30)45(29)49-40;1-2-25-46-38(5-1)28-8-6-27(7-9-28)34-18-12-29-15-21-37-35(19-13-30-14-20-36(34)41(29)42(30)37)40-23-17-32-11-10-31-16-22-39(33-4-3-24-45-26-33)47-43(31)44(32)48-40/h1-28H;4-27H,1-3H3;1-26H. The average Bonchev–Trinajstić information content (AvgIpc) is 0.703. The second-order valence-corrected chi connectivity index (χ2v) is 40.2. The first kappa shape index (κ1) is 86.9. The Morgan fingerprint density at radius 1 is 0.153 bits per heavy atom. The molecule has 0 bridgehead atoms. The van der Waals surface area contributed by atoms with E-state index in [4.69, 9.17) is 29.9 Å². The van der Waals surface area contributed by atoms with Crippen molar-refractivity contribution in [2.75, 3.05) is 0 Å². The molecule has 0 aliphatic heterocycles. The molecule has 11 nitrogen and oxygen atoms in total. The molecule has 31 aromatic rings. The van der Waals surface area contributed by atoms with Crippen LogP contribution in [0.15, 0.2) is 474 Å². The van der Waals surface area contributed by atoms with Crippen LogP contribution in [0, 0.1) is 0 Å². The Kier molecular flexibility index (Phi) is 20.3. The molecule has 0 fully saturated rings. The van der Waals surface area contributed by atoms with Crippen LogP contribution in [0.25, 0.3) is 308 Å². The quantitative estimate of drug-likeness (QED) is 0.114. The van der Waals surface area contributed by atoms with Gasteiger partial charge in [0.25, 0.3) is 0 Å². The molecule has 0 radical (unpaired) electrons. The lowest BCUT2D eigenvalue weighted by molar-refractivity contribution is 0.591. The van der Waals surface area contributed by atoms with Gasteiger partial charge in [0.1, 0.15) is 0 Å². The van der Waals surface area contributed by atoms with Gasteiger partial charge in [-0.2, -0.15) is 0 Å². The summed E-state index contributed by atoms with van der Waals surface area (Å²) in [5, 5.41) is 32.5. The maximum absolute atomic E-state index is 5.44. The molecular weight excluding hydrogens is 1820 g/mol. The van der Waals surface area contributed by atoms with Crippen LogP contribution >= 0.6 is 0 Å². The number of nitrogens with zero attached hydrogens (tertiary/aromatic N) is 11. The summed E-state index contributed by atoms with van der Waals surface area (Å²) in [5.41, 5.74) is 30.8. The predicted molar refractivity (Wildman–Crippen MR) is 625 cm³/mol. The van der Waals surface area contributed by atoms with Crippen LogP contribution in [0.1, 0.15) is 26.3 Å². The second kappa shape index (κ2) is 35.1. The van der Waals surface area contributed by atoms with Crippen LogP contribution in [-0.2, 0) is 5.41 Å². The van der Waals surface area contributed by atoms with E-state index < -0.39 is 0 Å². The van der Waals surface area contributed by atoms with Gasteiger partial charge < -0.3 is 0 Å². The zero-order valence-electron chi connectivity index (χ0n) is 82.0. The van der Waals surface area contributed by atoms with Gasteiger partial charge in [0.15, 0.2) is 0 Å². The number of benzene rings is 20. The van der Waals surface area contributed by atoms with Gasteiger partial charge in [0.2, 0.25) is 0 Å². The summed E-state index contributed by atoms with van der Waals surface area (Å²) in [7, 11) is 0. The highest BCUT2D eigenvalue weighted by atomic mass is 14.8. The van der Waals surface area contributed by atoms with Crippen LogP contribution in [0.2, 0.25) is 0 Å². The predicted octanol–water partition coefficient (Wildman–Crippen LogP) is 36.0. The van der Waals surface area contributed by atoms with E-state index in [1.165, 1.54) is 147 Å². The summed E-state index contributed by atoms with van der Waals surface area (Å²) >= 11 is 0. The van der Waals surface area contributed by atoms with Crippen molar-refractivity contribution < 1.29 is 0 Å². The summed E-state index contributed by atoms with van der Waals surface area (Å²) in [6.45, 7) is 6.87. The molecule has 0 unspecified atom stereocenters. The van der Waals surface area contributed by atoms with E-state index in [9.17, 15) is 0 Å². The van der Waals surface area contributed by atoms with E-state index in [0.29, 0.717) is 0 Å². The molecule has 0 saturated carbocycles. The largest absolute Gasteiger partial charge is 0.264 e. The maximum atomic E-state index is 5.44. The molecule has 11 aromatic heterocycles. The Balaban J connectivity index is 0.000000106.